The van der Waals surface area contributed by atoms with Crippen molar-refractivity contribution in [1.82, 2.24) is 10.0 Å². The molecular weight excluding hydrogens is 316 g/mol. The number of hydrogen-bond donors (Lipinski definition) is 2. The Morgan fingerprint density at radius 1 is 1.40 bits per heavy atom. The Hall–Kier alpha value is -0.140. The van der Waals surface area contributed by atoms with Gasteiger partial charge in [-0.25, -0.2) is 13.1 Å². The van der Waals surface area contributed by atoms with Gasteiger partial charge in [-0.3, -0.25) is 0 Å². The van der Waals surface area contributed by atoms with Crippen LogP contribution >= 0.6 is 22.9 Å². The minimum atomic E-state index is -3.16. The largest absolute Gasteiger partial charge is 0.314 e. The standard InChI is InChI=1S/C13H21ClN2O2S2/c14-13-5-4-12(19-13)6-9-16-20(17,18)10-7-11-3-1-2-8-15-11/h4-5,11,15-16H,1-3,6-10H2. The Morgan fingerprint density at radius 2 is 2.25 bits per heavy atom. The topological polar surface area (TPSA) is 58.2 Å². The summed E-state index contributed by atoms with van der Waals surface area (Å²) in [6, 6.07) is 4.13. The molecule has 1 aliphatic rings. The SMILES string of the molecule is O=S(=O)(CCC1CCCCN1)NCCc1ccc(Cl)s1. The average molecular weight is 337 g/mol. The molecule has 1 unspecified atom stereocenters. The molecule has 114 valence electrons. The number of piperidine rings is 1. The molecule has 0 aromatic carbocycles. The molecule has 1 aromatic rings. The molecule has 0 amide bonds. The normalized spacial score (nSPS) is 20.1. The minimum absolute atomic E-state index is 0.204. The first kappa shape index (κ1) is 16.2. The number of hydrogen-bond acceptors (Lipinski definition) is 4. The van der Waals surface area contributed by atoms with Crippen LogP contribution in [0, 0.1) is 0 Å². The number of halogens is 1. The molecule has 1 aromatic heterocycles. The molecule has 4 nitrogen and oxygen atoms in total. The van der Waals surface area contributed by atoms with Crippen molar-refractivity contribution in [3.8, 4) is 0 Å². The van der Waals surface area contributed by atoms with Crippen LogP contribution in [0.5, 0.6) is 0 Å². The molecule has 0 aliphatic carbocycles. The first-order chi connectivity index (χ1) is 9.55. The molecule has 2 rings (SSSR count). The van der Waals surface area contributed by atoms with Gasteiger partial charge in [-0.2, -0.15) is 0 Å². The van der Waals surface area contributed by atoms with Crippen LogP contribution in [0.3, 0.4) is 0 Å². The van der Waals surface area contributed by atoms with E-state index in [9.17, 15) is 8.42 Å². The predicted molar refractivity (Wildman–Crippen MR) is 85.1 cm³/mol. The van der Waals surface area contributed by atoms with Gasteiger partial charge in [0.25, 0.3) is 0 Å². The first-order valence-corrected chi connectivity index (χ1v) is 9.85. The molecule has 1 saturated heterocycles. The van der Waals surface area contributed by atoms with Crippen LogP contribution in [0.1, 0.15) is 30.6 Å². The molecule has 1 atom stereocenters. The van der Waals surface area contributed by atoms with Gasteiger partial charge < -0.3 is 5.32 Å². The predicted octanol–water partition coefficient (Wildman–Crippen LogP) is 2.40. The summed E-state index contributed by atoms with van der Waals surface area (Å²) >= 11 is 7.33. The van der Waals surface area contributed by atoms with Gasteiger partial charge in [-0.05, 0) is 44.4 Å². The van der Waals surface area contributed by atoms with Gasteiger partial charge in [-0.1, -0.05) is 18.0 Å². The third-order valence-corrected chi connectivity index (χ3v) is 6.18. The Balaban J connectivity index is 1.67. The summed E-state index contributed by atoms with van der Waals surface area (Å²) in [6.45, 7) is 1.45. The van der Waals surface area contributed by atoms with Crippen molar-refractivity contribution in [3.05, 3.63) is 21.3 Å². The van der Waals surface area contributed by atoms with Crippen molar-refractivity contribution in [1.29, 1.82) is 0 Å². The van der Waals surface area contributed by atoms with Crippen molar-refractivity contribution >= 4 is 33.0 Å². The van der Waals surface area contributed by atoms with Crippen LogP contribution in [0.4, 0.5) is 0 Å². The quantitative estimate of drug-likeness (QED) is 0.803. The maximum absolute atomic E-state index is 11.9. The molecule has 2 heterocycles. The fourth-order valence-electron chi connectivity index (χ4n) is 2.36. The molecule has 20 heavy (non-hydrogen) atoms. The molecule has 0 radical (unpaired) electrons. The van der Waals surface area contributed by atoms with Gasteiger partial charge in [0.2, 0.25) is 10.0 Å². The zero-order chi connectivity index (χ0) is 14.4. The smallest absolute Gasteiger partial charge is 0.211 e. The Bertz CT molecular complexity index is 510. The average Bonchev–Trinajstić information content (AvgIpc) is 2.83. The molecule has 0 saturated carbocycles. The molecule has 7 heteroatoms. The zero-order valence-electron chi connectivity index (χ0n) is 11.4. The monoisotopic (exact) mass is 336 g/mol. The van der Waals surface area contributed by atoms with Gasteiger partial charge in [0, 0.05) is 17.5 Å². The van der Waals surface area contributed by atoms with Crippen LogP contribution in [-0.2, 0) is 16.4 Å². The molecular formula is C13H21ClN2O2S2. The van der Waals surface area contributed by atoms with Crippen molar-refractivity contribution in [3.63, 3.8) is 0 Å². The highest BCUT2D eigenvalue weighted by Gasteiger charge is 2.17. The van der Waals surface area contributed by atoms with E-state index < -0.39 is 10.0 Å². The highest BCUT2D eigenvalue weighted by molar-refractivity contribution is 7.89. The maximum Gasteiger partial charge on any atom is 0.211 e. The van der Waals surface area contributed by atoms with Gasteiger partial charge in [-0.15, -0.1) is 11.3 Å². The van der Waals surface area contributed by atoms with Crippen LogP contribution in [0.15, 0.2) is 12.1 Å². The van der Waals surface area contributed by atoms with E-state index in [0.29, 0.717) is 25.4 Å². The van der Waals surface area contributed by atoms with E-state index in [1.54, 1.807) is 0 Å². The van der Waals surface area contributed by atoms with Gasteiger partial charge in [0.15, 0.2) is 0 Å². The second-order valence-electron chi connectivity index (χ2n) is 5.10. The molecule has 2 N–H and O–H groups in total. The highest BCUT2D eigenvalue weighted by Crippen LogP contribution is 2.21. The van der Waals surface area contributed by atoms with E-state index in [1.165, 1.54) is 24.2 Å². The Labute approximate surface area is 130 Å². The van der Waals surface area contributed by atoms with E-state index in [2.05, 4.69) is 10.0 Å². The highest BCUT2D eigenvalue weighted by atomic mass is 35.5. The van der Waals surface area contributed by atoms with E-state index in [0.717, 1.165) is 22.2 Å². The lowest BCUT2D eigenvalue weighted by atomic mass is 10.0. The van der Waals surface area contributed by atoms with Crippen LogP contribution in [0.25, 0.3) is 0 Å². The van der Waals surface area contributed by atoms with Crippen LogP contribution in [0.2, 0.25) is 4.34 Å². The lowest BCUT2D eigenvalue weighted by Gasteiger charge is -2.23. The third-order valence-electron chi connectivity index (χ3n) is 3.47. The summed E-state index contributed by atoms with van der Waals surface area (Å²) in [5.41, 5.74) is 0. The minimum Gasteiger partial charge on any atom is -0.314 e. The summed E-state index contributed by atoms with van der Waals surface area (Å²) in [6.07, 6.45) is 4.87. The van der Waals surface area contributed by atoms with Gasteiger partial charge in [0.1, 0.15) is 0 Å². The fraction of sp³-hybridized carbons (Fsp3) is 0.692. The van der Waals surface area contributed by atoms with E-state index in [4.69, 9.17) is 11.6 Å². The fourth-order valence-corrected chi connectivity index (χ4v) is 4.60. The second-order valence-corrected chi connectivity index (χ2v) is 8.83. The van der Waals surface area contributed by atoms with Gasteiger partial charge in [0.05, 0.1) is 10.1 Å². The van der Waals surface area contributed by atoms with E-state index in [1.807, 2.05) is 12.1 Å². The maximum atomic E-state index is 11.9. The third kappa shape index (κ3) is 5.69. The van der Waals surface area contributed by atoms with Crippen LogP contribution < -0.4 is 10.0 Å². The Morgan fingerprint density at radius 3 is 2.90 bits per heavy atom. The van der Waals surface area contributed by atoms with Crippen molar-refractivity contribution in [2.45, 2.75) is 38.1 Å². The van der Waals surface area contributed by atoms with Crippen molar-refractivity contribution in [2.24, 2.45) is 0 Å². The van der Waals surface area contributed by atoms with Crippen molar-refractivity contribution in [2.75, 3.05) is 18.8 Å². The lowest BCUT2D eigenvalue weighted by molar-refractivity contribution is 0.392. The number of thiophene rings is 1. The first-order valence-electron chi connectivity index (χ1n) is 7.00. The second kappa shape index (κ2) is 7.75. The number of nitrogens with one attached hydrogen (secondary N) is 2. The van der Waals surface area contributed by atoms with Gasteiger partial charge >= 0.3 is 0 Å². The summed E-state index contributed by atoms with van der Waals surface area (Å²) in [5, 5.41) is 3.37. The number of rotatable bonds is 7. The summed E-state index contributed by atoms with van der Waals surface area (Å²) < 4.78 is 27.2. The van der Waals surface area contributed by atoms with Crippen molar-refractivity contribution < 1.29 is 8.42 Å². The van der Waals surface area contributed by atoms with E-state index >= 15 is 0 Å². The zero-order valence-corrected chi connectivity index (χ0v) is 13.8. The van der Waals surface area contributed by atoms with Crippen LogP contribution in [-0.4, -0.2) is 33.3 Å². The van der Waals surface area contributed by atoms with E-state index in [-0.39, 0.29) is 5.75 Å². The summed E-state index contributed by atoms with van der Waals surface area (Å²) in [5.74, 6) is 0.204. The summed E-state index contributed by atoms with van der Waals surface area (Å²) in [4.78, 5) is 1.10. The summed E-state index contributed by atoms with van der Waals surface area (Å²) in [7, 11) is -3.16. The molecule has 0 spiro atoms. The molecule has 1 aliphatic heterocycles. The molecule has 0 bridgehead atoms. The Kier molecular flexibility index (Phi) is 6.29. The lowest BCUT2D eigenvalue weighted by Crippen LogP contribution is -2.37. The molecule has 1 fully saturated rings. The number of sulfonamides is 1.